The molecule has 0 bridgehead atoms. The molecule has 4 nitrogen and oxygen atoms in total. The third-order valence-electron chi connectivity index (χ3n) is 4.95. The van der Waals surface area contributed by atoms with Gasteiger partial charge in [0.1, 0.15) is 6.61 Å². The summed E-state index contributed by atoms with van der Waals surface area (Å²) in [4.78, 5) is 12.1. The van der Waals surface area contributed by atoms with Crippen LogP contribution in [0.2, 0.25) is 0 Å². The lowest BCUT2D eigenvalue weighted by Crippen LogP contribution is -2.46. The van der Waals surface area contributed by atoms with Crippen molar-refractivity contribution >= 4 is 5.91 Å². The van der Waals surface area contributed by atoms with Crippen molar-refractivity contribution in [1.29, 1.82) is 0 Å². The van der Waals surface area contributed by atoms with Crippen molar-refractivity contribution in [3.05, 3.63) is 0 Å². The molecule has 0 aromatic carbocycles. The van der Waals surface area contributed by atoms with Crippen molar-refractivity contribution in [1.82, 2.24) is 10.6 Å². The van der Waals surface area contributed by atoms with Gasteiger partial charge in [0.15, 0.2) is 0 Å². The number of amides is 1. The van der Waals surface area contributed by atoms with E-state index < -0.39 is 0 Å². The molecule has 2 unspecified atom stereocenters. The second kappa shape index (κ2) is 9.36. The van der Waals surface area contributed by atoms with Crippen LogP contribution in [0.25, 0.3) is 0 Å². The molecule has 0 rings (SSSR count). The van der Waals surface area contributed by atoms with Crippen LogP contribution in [0.15, 0.2) is 0 Å². The Bertz CT molecular complexity index is 409. The number of hydrogen-bond acceptors (Lipinski definition) is 3. The largest absolute Gasteiger partial charge is 0.366 e. The highest BCUT2D eigenvalue weighted by Crippen LogP contribution is 2.38. The minimum Gasteiger partial charge on any atom is -0.366 e. The Morgan fingerprint density at radius 1 is 0.840 bits per heavy atom. The van der Waals surface area contributed by atoms with Crippen LogP contribution in [0, 0.1) is 10.8 Å². The van der Waals surface area contributed by atoms with Gasteiger partial charge in [-0.3, -0.25) is 4.79 Å². The van der Waals surface area contributed by atoms with Crippen LogP contribution in [-0.4, -0.2) is 36.7 Å². The van der Waals surface area contributed by atoms with E-state index in [9.17, 15) is 4.79 Å². The summed E-state index contributed by atoms with van der Waals surface area (Å²) < 4.78 is 5.57. The highest BCUT2D eigenvalue weighted by Gasteiger charge is 2.34. The first-order valence-corrected chi connectivity index (χ1v) is 9.79. The van der Waals surface area contributed by atoms with E-state index in [1.165, 1.54) is 0 Å². The van der Waals surface area contributed by atoms with Gasteiger partial charge in [-0.25, -0.2) is 0 Å². The highest BCUT2D eigenvalue weighted by molar-refractivity contribution is 5.77. The number of hydrogen-bond donors (Lipinski definition) is 2. The minimum absolute atomic E-state index is 0.0272. The van der Waals surface area contributed by atoms with Crippen LogP contribution in [0.4, 0.5) is 0 Å². The maximum Gasteiger partial charge on any atom is 0.246 e. The van der Waals surface area contributed by atoms with E-state index in [0.29, 0.717) is 6.54 Å². The predicted octanol–water partition coefficient (Wildman–Crippen LogP) is 4.53. The lowest BCUT2D eigenvalue weighted by molar-refractivity contribution is -0.131. The van der Waals surface area contributed by atoms with Gasteiger partial charge in [-0.1, -0.05) is 27.7 Å². The molecule has 0 aromatic rings. The first-order chi connectivity index (χ1) is 11.1. The maximum absolute atomic E-state index is 12.1. The number of carbonyl (C=O) groups is 1. The van der Waals surface area contributed by atoms with Crippen molar-refractivity contribution in [2.75, 3.05) is 19.7 Å². The third-order valence-corrected chi connectivity index (χ3v) is 4.95. The molecule has 0 spiro atoms. The van der Waals surface area contributed by atoms with Gasteiger partial charge in [0.05, 0.1) is 5.60 Å². The van der Waals surface area contributed by atoms with Crippen molar-refractivity contribution in [3.8, 4) is 0 Å². The molecule has 2 N–H and O–H groups in total. The molecule has 0 heterocycles. The zero-order valence-corrected chi connectivity index (χ0v) is 18.6. The summed E-state index contributed by atoms with van der Waals surface area (Å²) in [5, 5.41) is 6.74. The molecule has 0 fully saturated rings. The Labute approximate surface area is 156 Å². The van der Waals surface area contributed by atoms with E-state index in [4.69, 9.17) is 4.74 Å². The van der Waals surface area contributed by atoms with Crippen molar-refractivity contribution in [2.45, 2.75) is 99.6 Å². The molecule has 0 aliphatic carbocycles. The Kier molecular flexibility index (Phi) is 9.13. The molecular formula is C21H44N2O2. The molecule has 0 aliphatic heterocycles. The number of ether oxygens (including phenoxy) is 1. The zero-order chi connectivity index (χ0) is 19.9. The lowest BCUT2D eigenvalue weighted by atomic mass is 9.70. The molecule has 1 amide bonds. The number of nitrogens with one attached hydrogen (secondary N) is 2. The highest BCUT2D eigenvalue weighted by atomic mass is 16.5. The summed E-state index contributed by atoms with van der Waals surface area (Å²) in [6.07, 6.45) is 3.24. The fourth-order valence-corrected chi connectivity index (χ4v) is 2.78. The molecule has 2 atom stereocenters. The Morgan fingerprint density at radius 2 is 1.32 bits per heavy atom. The van der Waals surface area contributed by atoms with Gasteiger partial charge in [0, 0.05) is 18.6 Å². The summed E-state index contributed by atoms with van der Waals surface area (Å²) >= 11 is 0. The van der Waals surface area contributed by atoms with Crippen LogP contribution in [0.5, 0.6) is 0 Å². The molecule has 0 saturated heterocycles. The van der Waals surface area contributed by atoms with Crippen molar-refractivity contribution in [2.24, 2.45) is 10.8 Å². The summed E-state index contributed by atoms with van der Waals surface area (Å²) in [5.74, 6) is -0.0272. The molecule has 0 saturated carbocycles. The average molecular weight is 357 g/mol. The fourth-order valence-electron chi connectivity index (χ4n) is 2.78. The van der Waals surface area contributed by atoms with E-state index in [-0.39, 0.29) is 34.5 Å². The predicted molar refractivity (Wildman–Crippen MR) is 108 cm³/mol. The monoisotopic (exact) mass is 356 g/mol. The van der Waals surface area contributed by atoms with Crippen LogP contribution in [-0.2, 0) is 9.53 Å². The number of carbonyl (C=O) groups excluding carboxylic acids is 1. The second-order valence-electron chi connectivity index (χ2n) is 10.3. The molecule has 0 radical (unpaired) electrons. The smallest absolute Gasteiger partial charge is 0.246 e. The molecule has 4 heteroatoms. The van der Waals surface area contributed by atoms with Crippen LogP contribution < -0.4 is 10.6 Å². The SMILES string of the molecule is CCC(C)(CNC(=O)COC(C)(C)C)CC(C)(CC)CNC(C)(C)C. The third kappa shape index (κ3) is 11.6. The van der Waals surface area contributed by atoms with Crippen LogP contribution >= 0.6 is 0 Å². The van der Waals surface area contributed by atoms with Crippen LogP contribution in [0.3, 0.4) is 0 Å². The molecular weight excluding hydrogens is 312 g/mol. The van der Waals surface area contributed by atoms with E-state index in [0.717, 1.165) is 25.8 Å². The molecule has 0 aliphatic rings. The normalized spacial score (nSPS) is 17.7. The first-order valence-electron chi connectivity index (χ1n) is 9.79. The quantitative estimate of drug-likeness (QED) is 0.605. The molecule has 150 valence electrons. The minimum atomic E-state index is -0.287. The maximum atomic E-state index is 12.1. The summed E-state index contributed by atoms with van der Waals surface area (Å²) in [6.45, 7) is 23.4. The first kappa shape index (κ1) is 24.4. The van der Waals surface area contributed by atoms with Crippen molar-refractivity contribution in [3.63, 3.8) is 0 Å². The van der Waals surface area contributed by atoms with E-state index >= 15 is 0 Å². The Balaban J connectivity index is 4.71. The number of rotatable bonds is 10. The Hall–Kier alpha value is -0.610. The zero-order valence-electron chi connectivity index (χ0n) is 18.6. The molecule has 0 aromatic heterocycles. The van der Waals surface area contributed by atoms with Crippen molar-refractivity contribution < 1.29 is 9.53 Å². The topological polar surface area (TPSA) is 50.4 Å². The lowest BCUT2D eigenvalue weighted by Gasteiger charge is -2.40. The van der Waals surface area contributed by atoms with Gasteiger partial charge in [-0.15, -0.1) is 0 Å². The van der Waals surface area contributed by atoms with E-state index in [2.05, 4.69) is 59.1 Å². The molecule has 25 heavy (non-hydrogen) atoms. The van der Waals surface area contributed by atoms with Crippen LogP contribution in [0.1, 0.15) is 88.5 Å². The standard InChI is InChI=1S/C21H44N2O2/c1-11-20(9,15-22-17(24)13-25-19(6,7)8)14-21(10,12-2)16-23-18(3,4)5/h23H,11-16H2,1-10H3,(H,22,24). The van der Waals surface area contributed by atoms with Gasteiger partial charge in [-0.05, 0) is 71.6 Å². The summed E-state index contributed by atoms with van der Waals surface area (Å²) in [7, 11) is 0. The average Bonchev–Trinajstić information content (AvgIpc) is 2.48. The van der Waals surface area contributed by atoms with Gasteiger partial charge >= 0.3 is 0 Å². The fraction of sp³-hybridized carbons (Fsp3) is 0.952. The second-order valence-corrected chi connectivity index (χ2v) is 10.3. The van der Waals surface area contributed by atoms with Gasteiger partial charge in [0.2, 0.25) is 5.91 Å². The van der Waals surface area contributed by atoms with Gasteiger partial charge in [-0.2, -0.15) is 0 Å². The van der Waals surface area contributed by atoms with E-state index in [1.54, 1.807) is 0 Å². The van der Waals surface area contributed by atoms with E-state index in [1.807, 2.05) is 20.8 Å². The van der Waals surface area contributed by atoms with Gasteiger partial charge < -0.3 is 15.4 Å². The summed E-state index contributed by atoms with van der Waals surface area (Å²) in [5.41, 5.74) is 0.134. The summed E-state index contributed by atoms with van der Waals surface area (Å²) in [6, 6.07) is 0. The Morgan fingerprint density at radius 3 is 1.72 bits per heavy atom. The van der Waals surface area contributed by atoms with Gasteiger partial charge in [0.25, 0.3) is 0 Å².